The fraction of sp³-hybridized carbons (Fsp3) is 0.562. The number of hydrogen-bond acceptors (Lipinski definition) is 3. The molecule has 2 rings (SSSR count). The van der Waals surface area contributed by atoms with E-state index in [1.165, 1.54) is 6.07 Å². The van der Waals surface area contributed by atoms with Gasteiger partial charge in [-0.25, -0.2) is 4.99 Å². The lowest BCUT2D eigenvalue weighted by molar-refractivity contribution is -0.385. The Balaban J connectivity index is 0.00000264. The molecule has 1 aromatic rings. The molecule has 1 aliphatic rings. The van der Waals surface area contributed by atoms with Crippen molar-refractivity contribution in [2.75, 3.05) is 19.6 Å². The lowest BCUT2D eigenvalue weighted by Gasteiger charge is -2.23. The lowest BCUT2D eigenvalue weighted by Crippen LogP contribution is -2.40. The van der Waals surface area contributed by atoms with Gasteiger partial charge in [0.25, 0.3) is 5.69 Å². The Hall–Kier alpha value is -1.38. The molecule has 0 saturated carbocycles. The van der Waals surface area contributed by atoms with Crippen LogP contribution in [-0.2, 0) is 6.54 Å². The highest BCUT2D eigenvalue weighted by atomic mass is 127. The smallest absolute Gasteiger partial charge is 0.274 e. The van der Waals surface area contributed by atoms with Gasteiger partial charge >= 0.3 is 0 Å². The summed E-state index contributed by atoms with van der Waals surface area (Å²) in [4.78, 5) is 17.5. The minimum atomic E-state index is -0.350. The number of hydrogen-bond donors (Lipinski definition) is 1. The van der Waals surface area contributed by atoms with Crippen molar-refractivity contribution in [3.05, 3.63) is 39.9 Å². The van der Waals surface area contributed by atoms with Gasteiger partial charge in [-0.15, -0.1) is 24.0 Å². The van der Waals surface area contributed by atoms with Crippen LogP contribution in [0.15, 0.2) is 29.3 Å². The van der Waals surface area contributed by atoms with Crippen molar-refractivity contribution in [2.24, 2.45) is 10.4 Å². The first kappa shape index (κ1) is 19.7. The molecule has 0 aliphatic carbocycles. The molecule has 0 bridgehead atoms. The monoisotopic (exact) mass is 432 g/mol. The van der Waals surface area contributed by atoms with E-state index in [0.717, 1.165) is 32.0 Å². The van der Waals surface area contributed by atoms with Crippen molar-refractivity contribution in [3.8, 4) is 0 Å². The molecule has 23 heavy (non-hydrogen) atoms. The molecule has 1 heterocycles. The number of nitrogens with one attached hydrogen (secondary N) is 1. The van der Waals surface area contributed by atoms with Crippen molar-refractivity contribution < 1.29 is 4.92 Å². The average molecular weight is 432 g/mol. The number of nitrogens with zero attached hydrogens (tertiary/aromatic N) is 3. The Morgan fingerprint density at radius 1 is 1.43 bits per heavy atom. The molecule has 1 aromatic carbocycles. The van der Waals surface area contributed by atoms with Crippen molar-refractivity contribution in [1.82, 2.24) is 10.2 Å². The molecule has 1 N–H and O–H groups in total. The molecule has 1 saturated heterocycles. The van der Waals surface area contributed by atoms with Gasteiger partial charge in [0.1, 0.15) is 0 Å². The number of aliphatic imine (C=N–C) groups is 1. The molecule has 128 valence electrons. The second kappa shape index (κ2) is 8.47. The van der Waals surface area contributed by atoms with E-state index in [1.807, 2.05) is 13.0 Å². The maximum absolute atomic E-state index is 11.1. The zero-order valence-electron chi connectivity index (χ0n) is 13.9. The minimum Gasteiger partial charge on any atom is -0.357 e. The Morgan fingerprint density at radius 3 is 2.70 bits per heavy atom. The maximum Gasteiger partial charge on any atom is 0.274 e. The first-order chi connectivity index (χ1) is 10.4. The van der Waals surface area contributed by atoms with Crippen LogP contribution in [-0.4, -0.2) is 35.4 Å². The Morgan fingerprint density at radius 2 is 2.13 bits per heavy atom. The van der Waals surface area contributed by atoms with Crippen LogP contribution in [0.5, 0.6) is 0 Å². The summed E-state index contributed by atoms with van der Waals surface area (Å²) in [5, 5.41) is 14.4. The topological polar surface area (TPSA) is 70.8 Å². The predicted molar refractivity (Wildman–Crippen MR) is 103 cm³/mol. The molecular weight excluding hydrogens is 407 g/mol. The van der Waals surface area contributed by atoms with E-state index in [-0.39, 0.29) is 40.0 Å². The fourth-order valence-electron chi connectivity index (χ4n) is 2.70. The van der Waals surface area contributed by atoms with Crippen LogP contribution in [0.3, 0.4) is 0 Å². The van der Waals surface area contributed by atoms with Crippen LogP contribution in [0, 0.1) is 15.5 Å². The number of benzene rings is 1. The summed E-state index contributed by atoms with van der Waals surface area (Å²) in [6, 6.07) is 6.78. The number of guanidine groups is 1. The van der Waals surface area contributed by atoms with Gasteiger partial charge in [-0.3, -0.25) is 10.1 Å². The number of halogens is 1. The number of nitro benzene ring substituents is 1. The number of nitro groups is 1. The molecule has 0 radical (unpaired) electrons. The van der Waals surface area contributed by atoms with Crippen LogP contribution in [0.1, 0.15) is 32.8 Å². The minimum absolute atomic E-state index is 0. The van der Waals surface area contributed by atoms with Crippen molar-refractivity contribution in [3.63, 3.8) is 0 Å². The zero-order valence-corrected chi connectivity index (χ0v) is 16.2. The van der Waals surface area contributed by atoms with Crippen LogP contribution >= 0.6 is 24.0 Å². The van der Waals surface area contributed by atoms with Crippen LogP contribution in [0.25, 0.3) is 0 Å². The number of para-hydroxylation sites is 1. The Kier molecular flexibility index (Phi) is 7.24. The van der Waals surface area contributed by atoms with Crippen LogP contribution in [0.2, 0.25) is 0 Å². The third-order valence-electron chi connectivity index (χ3n) is 3.90. The third kappa shape index (κ3) is 5.33. The summed E-state index contributed by atoms with van der Waals surface area (Å²) < 4.78 is 0. The quantitative estimate of drug-likeness (QED) is 0.260. The molecule has 1 aliphatic heterocycles. The van der Waals surface area contributed by atoms with Crippen LogP contribution < -0.4 is 5.32 Å². The third-order valence-corrected chi connectivity index (χ3v) is 3.90. The van der Waals surface area contributed by atoms with Gasteiger partial charge in [0, 0.05) is 25.7 Å². The molecule has 6 nitrogen and oxygen atoms in total. The SMILES string of the molecule is CCNC(=NCc1ccccc1[N+](=O)[O-])N1CCC(C)(C)C1.I. The first-order valence-corrected chi connectivity index (χ1v) is 7.68. The van der Waals surface area contributed by atoms with E-state index in [1.54, 1.807) is 12.1 Å². The van der Waals surface area contributed by atoms with E-state index in [4.69, 9.17) is 0 Å². The molecule has 0 aromatic heterocycles. The zero-order chi connectivity index (χ0) is 16.2. The average Bonchev–Trinajstić information content (AvgIpc) is 2.83. The Labute approximate surface area is 154 Å². The highest BCUT2D eigenvalue weighted by molar-refractivity contribution is 14.0. The molecule has 1 fully saturated rings. The van der Waals surface area contributed by atoms with Gasteiger partial charge in [-0.2, -0.15) is 0 Å². The summed E-state index contributed by atoms with van der Waals surface area (Å²) in [5.41, 5.74) is 1.06. The molecule has 7 heteroatoms. The molecule has 0 spiro atoms. The summed E-state index contributed by atoms with van der Waals surface area (Å²) >= 11 is 0. The fourth-order valence-corrected chi connectivity index (χ4v) is 2.70. The molecule has 0 amide bonds. The predicted octanol–water partition coefficient (Wildman–Crippen LogP) is 3.41. The second-order valence-electron chi connectivity index (χ2n) is 6.39. The highest BCUT2D eigenvalue weighted by Crippen LogP contribution is 2.28. The number of rotatable bonds is 4. The second-order valence-corrected chi connectivity index (χ2v) is 6.39. The van der Waals surface area contributed by atoms with E-state index in [0.29, 0.717) is 12.1 Å². The van der Waals surface area contributed by atoms with Gasteiger partial charge in [0.15, 0.2) is 5.96 Å². The summed E-state index contributed by atoms with van der Waals surface area (Å²) in [6.07, 6.45) is 1.13. The van der Waals surface area contributed by atoms with Gasteiger partial charge in [-0.05, 0) is 18.8 Å². The van der Waals surface area contributed by atoms with Gasteiger partial charge in [0.05, 0.1) is 17.0 Å². The van der Waals surface area contributed by atoms with E-state index in [2.05, 4.69) is 29.1 Å². The van der Waals surface area contributed by atoms with Gasteiger partial charge in [0.2, 0.25) is 0 Å². The van der Waals surface area contributed by atoms with Crippen molar-refractivity contribution in [1.29, 1.82) is 0 Å². The highest BCUT2D eigenvalue weighted by Gasteiger charge is 2.30. The van der Waals surface area contributed by atoms with Gasteiger partial charge < -0.3 is 10.2 Å². The van der Waals surface area contributed by atoms with Gasteiger partial charge in [-0.1, -0.05) is 32.0 Å². The molecule has 0 unspecified atom stereocenters. The lowest BCUT2D eigenvalue weighted by atomic mass is 9.93. The van der Waals surface area contributed by atoms with Crippen LogP contribution in [0.4, 0.5) is 5.69 Å². The standard InChI is InChI=1S/C16H24N4O2.HI/c1-4-17-15(19-10-9-16(2,3)12-19)18-11-13-7-5-6-8-14(13)20(21)22;/h5-8H,4,9-12H2,1-3H3,(H,17,18);1H. The summed E-state index contributed by atoms with van der Waals surface area (Å²) in [5.74, 6) is 0.839. The summed E-state index contributed by atoms with van der Waals surface area (Å²) in [6.45, 7) is 9.55. The molecule has 0 atom stereocenters. The maximum atomic E-state index is 11.1. The normalized spacial score (nSPS) is 16.8. The van der Waals surface area contributed by atoms with E-state index >= 15 is 0 Å². The van der Waals surface area contributed by atoms with E-state index < -0.39 is 0 Å². The first-order valence-electron chi connectivity index (χ1n) is 7.68. The molecular formula is C16H25IN4O2. The van der Waals surface area contributed by atoms with Crippen molar-refractivity contribution >= 4 is 35.6 Å². The summed E-state index contributed by atoms with van der Waals surface area (Å²) in [7, 11) is 0. The number of likely N-dealkylation sites (tertiary alicyclic amines) is 1. The largest absolute Gasteiger partial charge is 0.357 e. The Bertz CT molecular complexity index is 575. The van der Waals surface area contributed by atoms with E-state index in [9.17, 15) is 10.1 Å². The van der Waals surface area contributed by atoms with Crippen molar-refractivity contribution in [2.45, 2.75) is 33.7 Å².